The first kappa shape index (κ1) is 20.4. The lowest BCUT2D eigenvalue weighted by molar-refractivity contribution is 0.0329. The molecule has 0 saturated heterocycles. The molecular formula is C25H43F. The van der Waals surface area contributed by atoms with Crippen LogP contribution in [0, 0.1) is 35.5 Å². The molecule has 26 heavy (non-hydrogen) atoms. The number of alkyl halides is 1. The molecule has 0 aromatic rings. The van der Waals surface area contributed by atoms with E-state index >= 15 is 4.39 Å². The second kappa shape index (κ2) is 10.3. The van der Waals surface area contributed by atoms with Crippen molar-refractivity contribution in [1.82, 2.24) is 0 Å². The number of rotatable bonds is 6. The first-order valence-corrected chi connectivity index (χ1v) is 12.0. The van der Waals surface area contributed by atoms with E-state index < -0.39 is 6.17 Å². The Morgan fingerprint density at radius 1 is 0.769 bits per heavy atom. The monoisotopic (exact) mass is 362 g/mol. The highest BCUT2D eigenvalue weighted by Crippen LogP contribution is 2.47. The van der Waals surface area contributed by atoms with Crippen molar-refractivity contribution in [2.24, 2.45) is 35.5 Å². The van der Waals surface area contributed by atoms with Crippen molar-refractivity contribution in [3.8, 4) is 0 Å². The van der Waals surface area contributed by atoms with Gasteiger partial charge in [-0.1, -0.05) is 51.2 Å². The zero-order valence-electron chi connectivity index (χ0n) is 17.5. The van der Waals surface area contributed by atoms with Crippen molar-refractivity contribution >= 4 is 0 Å². The molecule has 0 radical (unpaired) electrons. The van der Waals surface area contributed by atoms with Gasteiger partial charge < -0.3 is 0 Å². The third kappa shape index (κ3) is 5.35. The fourth-order valence-electron chi connectivity index (χ4n) is 6.60. The van der Waals surface area contributed by atoms with Crippen LogP contribution in [0.4, 0.5) is 4.39 Å². The Balaban J connectivity index is 1.40. The Kier molecular flexibility index (Phi) is 8.07. The molecule has 150 valence electrons. The summed E-state index contributed by atoms with van der Waals surface area (Å²) in [7, 11) is 0. The van der Waals surface area contributed by atoms with Gasteiger partial charge in [-0.15, -0.1) is 0 Å². The van der Waals surface area contributed by atoms with Crippen molar-refractivity contribution in [3.63, 3.8) is 0 Å². The van der Waals surface area contributed by atoms with E-state index in [1.165, 1.54) is 83.5 Å². The fourth-order valence-corrected chi connectivity index (χ4v) is 6.60. The summed E-state index contributed by atoms with van der Waals surface area (Å²) in [4.78, 5) is 0. The van der Waals surface area contributed by atoms with Gasteiger partial charge in [-0.3, -0.25) is 0 Å². The molecule has 0 aromatic carbocycles. The summed E-state index contributed by atoms with van der Waals surface area (Å²) >= 11 is 0. The topological polar surface area (TPSA) is 0 Å². The maximum atomic E-state index is 15.1. The van der Waals surface area contributed by atoms with E-state index in [0.717, 1.165) is 24.2 Å². The maximum Gasteiger partial charge on any atom is 0.103 e. The summed E-state index contributed by atoms with van der Waals surface area (Å²) in [5.74, 6) is 4.52. The van der Waals surface area contributed by atoms with Crippen LogP contribution in [-0.2, 0) is 0 Å². The lowest BCUT2D eigenvalue weighted by Gasteiger charge is -2.43. The molecule has 0 nitrogen and oxygen atoms in total. The Labute approximate surface area is 162 Å². The lowest BCUT2D eigenvalue weighted by Crippen LogP contribution is -2.36. The molecule has 1 heteroatoms. The van der Waals surface area contributed by atoms with Crippen molar-refractivity contribution in [2.45, 2.75) is 110 Å². The SMILES string of the molecule is C/C=C/CCC1CCC(C2CCC(C3CCC(CC)CC3)CC2F)CC1. The summed E-state index contributed by atoms with van der Waals surface area (Å²) < 4.78 is 15.1. The van der Waals surface area contributed by atoms with Gasteiger partial charge in [-0.25, -0.2) is 4.39 Å². The average Bonchev–Trinajstić information content (AvgIpc) is 2.69. The van der Waals surface area contributed by atoms with Crippen LogP contribution in [-0.4, -0.2) is 6.17 Å². The van der Waals surface area contributed by atoms with Crippen LogP contribution in [0.5, 0.6) is 0 Å². The van der Waals surface area contributed by atoms with E-state index in [4.69, 9.17) is 0 Å². The van der Waals surface area contributed by atoms with E-state index in [-0.39, 0.29) is 0 Å². The summed E-state index contributed by atoms with van der Waals surface area (Å²) in [5.41, 5.74) is 0. The first-order chi connectivity index (χ1) is 12.7. The predicted octanol–water partition coefficient (Wildman–Crippen LogP) is 8.12. The molecule has 3 rings (SSSR count). The number of hydrogen-bond acceptors (Lipinski definition) is 0. The number of hydrogen-bond donors (Lipinski definition) is 0. The van der Waals surface area contributed by atoms with E-state index in [1.807, 2.05) is 0 Å². The molecule has 3 aliphatic carbocycles. The van der Waals surface area contributed by atoms with E-state index in [9.17, 15) is 0 Å². The highest BCUT2D eigenvalue weighted by Gasteiger charge is 2.39. The second-order valence-corrected chi connectivity index (χ2v) is 9.87. The van der Waals surface area contributed by atoms with E-state index in [2.05, 4.69) is 26.0 Å². The molecule has 0 aliphatic heterocycles. The average molecular weight is 363 g/mol. The minimum absolute atomic E-state index is 0.398. The molecule has 0 heterocycles. The van der Waals surface area contributed by atoms with Gasteiger partial charge >= 0.3 is 0 Å². The summed E-state index contributed by atoms with van der Waals surface area (Å²) in [6, 6.07) is 0. The van der Waals surface area contributed by atoms with Crippen molar-refractivity contribution in [3.05, 3.63) is 12.2 Å². The molecule has 0 aromatic heterocycles. The van der Waals surface area contributed by atoms with Crippen LogP contribution in [0.25, 0.3) is 0 Å². The van der Waals surface area contributed by atoms with Crippen molar-refractivity contribution in [2.75, 3.05) is 0 Å². The maximum absolute atomic E-state index is 15.1. The third-order valence-corrected chi connectivity index (χ3v) is 8.47. The fraction of sp³-hybridized carbons (Fsp3) is 0.920. The van der Waals surface area contributed by atoms with Gasteiger partial charge in [0.1, 0.15) is 6.17 Å². The molecule has 0 amide bonds. The normalized spacial score (nSPS) is 42.2. The van der Waals surface area contributed by atoms with Gasteiger partial charge in [-0.2, -0.15) is 0 Å². The smallest absolute Gasteiger partial charge is 0.103 e. The molecule has 3 unspecified atom stereocenters. The van der Waals surface area contributed by atoms with Gasteiger partial charge in [0.15, 0.2) is 0 Å². The zero-order chi connectivity index (χ0) is 18.4. The molecule has 0 bridgehead atoms. The van der Waals surface area contributed by atoms with Gasteiger partial charge in [0.2, 0.25) is 0 Å². The van der Waals surface area contributed by atoms with Crippen LogP contribution in [0.2, 0.25) is 0 Å². The Morgan fingerprint density at radius 2 is 1.38 bits per heavy atom. The van der Waals surface area contributed by atoms with Crippen LogP contribution in [0.1, 0.15) is 104 Å². The van der Waals surface area contributed by atoms with Gasteiger partial charge in [0, 0.05) is 0 Å². The van der Waals surface area contributed by atoms with Crippen LogP contribution in [0.15, 0.2) is 12.2 Å². The summed E-state index contributed by atoms with van der Waals surface area (Å²) in [6.07, 6.45) is 22.2. The van der Waals surface area contributed by atoms with Crippen LogP contribution in [0.3, 0.4) is 0 Å². The Bertz CT molecular complexity index is 412. The van der Waals surface area contributed by atoms with Crippen LogP contribution >= 0.6 is 0 Å². The minimum atomic E-state index is -0.498. The highest BCUT2D eigenvalue weighted by atomic mass is 19.1. The van der Waals surface area contributed by atoms with Gasteiger partial charge in [-0.05, 0) is 100 Å². The van der Waals surface area contributed by atoms with Crippen molar-refractivity contribution < 1.29 is 4.39 Å². The minimum Gasteiger partial charge on any atom is -0.247 e. The molecule has 3 fully saturated rings. The van der Waals surface area contributed by atoms with E-state index in [1.54, 1.807) is 0 Å². The highest BCUT2D eigenvalue weighted by molar-refractivity contribution is 4.90. The number of allylic oxidation sites excluding steroid dienone is 2. The predicted molar refractivity (Wildman–Crippen MR) is 111 cm³/mol. The summed E-state index contributed by atoms with van der Waals surface area (Å²) in [6.45, 7) is 4.45. The Hall–Kier alpha value is -0.330. The second-order valence-electron chi connectivity index (χ2n) is 9.87. The zero-order valence-corrected chi connectivity index (χ0v) is 17.5. The molecule has 3 aliphatic rings. The lowest BCUT2D eigenvalue weighted by atomic mass is 9.64. The largest absolute Gasteiger partial charge is 0.247 e. The van der Waals surface area contributed by atoms with Gasteiger partial charge in [0.25, 0.3) is 0 Å². The summed E-state index contributed by atoms with van der Waals surface area (Å²) in [5, 5.41) is 0. The molecular weight excluding hydrogens is 319 g/mol. The van der Waals surface area contributed by atoms with Crippen LogP contribution < -0.4 is 0 Å². The first-order valence-electron chi connectivity index (χ1n) is 12.0. The molecule has 0 spiro atoms. The van der Waals surface area contributed by atoms with Crippen molar-refractivity contribution in [1.29, 1.82) is 0 Å². The standard InChI is InChI=1S/C25H43F/c1-3-5-6-7-20-10-14-22(15-11-20)24-17-16-23(18-25(24)26)21-12-8-19(4-2)9-13-21/h3,5,19-25H,4,6-18H2,1-2H3/b5-3+. The van der Waals surface area contributed by atoms with E-state index in [0.29, 0.717) is 17.8 Å². The molecule has 3 saturated carbocycles. The number of halogens is 1. The quantitative estimate of drug-likeness (QED) is 0.418. The molecule has 0 N–H and O–H groups in total. The Morgan fingerprint density at radius 3 is 2.00 bits per heavy atom. The van der Waals surface area contributed by atoms with Gasteiger partial charge in [0.05, 0.1) is 0 Å². The third-order valence-electron chi connectivity index (χ3n) is 8.47. The molecule has 3 atom stereocenters.